The molecule has 1 N–H and O–H groups in total. The summed E-state index contributed by atoms with van der Waals surface area (Å²) in [4.78, 5) is 0. The molecule has 0 aromatic heterocycles. The summed E-state index contributed by atoms with van der Waals surface area (Å²) in [5.41, 5.74) is 3.28. The molecule has 2 aromatic carbocycles. The fourth-order valence-electron chi connectivity index (χ4n) is 2.47. The lowest BCUT2D eigenvalue weighted by molar-refractivity contribution is 0.549. The van der Waals surface area contributed by atoms with Crippen molar-refractivity contribution in [3.63, 3.8) is 0 Å². The van der Waals surface area contributed by atoms with E-state index >= 15 is 0 Å². The second kappa shape index (κ2) is 4.71. The molecule has 2 aromatic rings. The Morgan fingerprint density at radius 1 is 1.22 bits per heavy atom. The third kappa shape index (κ3) is 2.14. The molecule has 0 saturated carbocycles. The van der Waals surface area contributed by atoms with E-state index in [4.69, 9.17) is 11.6 Å². The molecule has 0 saturated heterocycles. The van der Waals surface area contributed by atoms with Gasteiger partial charge in [-0.3, -0.25) is 0 Å². The number of fused-ring (bicyclic) bond motifs is 1. The Balaban J connectivity index is 1.86. The van der Waals surface area contributed by atoms with E-state index in [0.717, 1.165) is 6.54 Å². The molecule has 0 spiro atoms. The number of hydrogen-bond donors (Lipinski definition) is 1. The van der Waals surface area contributed by atoms with Crippen LogP contribution in [0, 0.1) is 5.82 Å². The maximum absolute atomic E-state index is 13.8. The van der Waals surface area contributed by atoms with Crippen LogP contribution in [0.5, 0.6) is 0 Å². The van der Waals surface area contributed by atoms with E-state index < -0.39 is 0 Å². The lowest BCUT2D eigenvalue weighted by atomic mass is 9.98. The number of rotatable bonds is 2. The van der Waals surface area contributed by atoms with E-state index in [1.165, 1.54) is 17.2 Å². The summed E-state index contributed by atoms with van der Waals surface area (Å²) in [6, 6.07) is 13.3. The Morgan fingerprint density at radius 2 is 2.06 bits per heavy atom. The van der Waals surface area contributed by atoms with E-state index in [1.807, 2.05) is 12.1 Å². The highest BCUT2D eigenvalue weighted by atomic mass is 35.5. The van der Waals surface area contributed by atoms with Crippen LogP contribution in [0.2, 0.25) is 5.02 Å². The summed E-state index contributed by atoms with van der Waals surface area (Å²) in [5, 5.41) is 3.85. The second-order valence-corrected chi connectivity index (χ2v) is 5.01. The second-order valence-electron chi connectivity index (χ2n) is 4.57. The first-order valence-corrected chi connectivity index (χ1v) is 6.37. The van der Waals surface area contributed by atoms with Crippen LogP contribution < -0.4 is 5.32 Å². The third-order valence-corrected chi connectivity index (χ3v) is 3.64. The minimum atomic E-state index is -0.228. The summed E-state index contributed by atoms with van der Waals surface area (Å²) in [5.74, 6) is -0.228. The van der Waals surface area contributed by atoms with Crippen molar-refractivity contribution in [2.75, 3.05) is 0 Å². The summed E-state index contributed by atoms with van der Waals surface area (Å²) >= 11 is 5.76. The maximum atomic E-state index is 13.8. The van der Waals surface area contributed by atoms with Gasteiger partial charge in [0.2, 0.25) is 0 Å². The van der Waals surface area contributed by atoms with Crippen molar-refractivity contribution in [3.05, 3.63) is 70.0 Å². The summed E-state index contributed by atoms with van der Waals surface area (Å²) in [7, 11) is 0. The predicted molar refractivity (Wildman–Crippen MR) is 71.1 cm³/mol. The molecule has 0 amide bonds. The molecular weight excluding hydrogens is 249 g/mol. The van der Waals surface area contributed by atoms with Gasteiger partial charge in [0, 0.05) is 17.6 Å². The van der Waals surface area contributed by atoms with Crippen LogP contribution in [0.15, 0.2) is 42.5 Å². The average Bonchev–Trinajstić information content (AvgIpc) is 2.76. The molecule has 3 rings (SSSR count). The van der Waals surface area contributed by atoms with Crippen molar-refractivity contribution < 1.29 is 4.39 Å². The molecule has 0 bridgehead atoms. The zero-order chi connectivity index (χ0) is 12.5. The molecule has 1 aliphatic rings. The van der Waals surface area contributed by atoms with E-state index in [2.05, 4.69) is 17.4 Å². The molecule has 1 heterocycles. The molecule has 0 fully saturated rings. The zero-order valence-electron chi connectivity index (χ0n) is 9.79. The van der Waals surface area contributed by atoms with Gasteiger partial charge in [0.15, 0.2) is 0 Å². The Kier molecular flexibility index (Phi) is 3.06. The van der Waals surface area contributed by atoms with Crippen molar-refractivity contribution >= 4 is 11.6 Å². The molecule has 0 radical (unpaired) electrons. The van der Waals surface area contributed by atoms with Crippen molar-refractivity contribution in [2.45, 2.75) is 19.0 Å². The first kappa shape index (κ1) is 11.7. The van der Waals surface area contributed by atoms with Gasteiger partial charge in [-0.15, -0.1) is 0 Å². The highest BCUT2D eigenvalue weighted by Crippen LogP contribution is 2.29. The quantitative estimate of drug-likeness (QED) is 0.865. The summed E-state index contributed by atoms with van der Waals surface area (Å²) in [6.45, 7) is 0.857. The molecular formula is C15H13ClFN. The molecule has 3 heteroatoms. The summed E-state index contributed by atoms with van der Waals surface area (Å²) in [6.07, 6.45) is 0.653. The van der Waals surface area contributed by atoms with Crippen molar-refractivity contribution in [1.29, 1.82) is 0 Å². The average molecular weight is 262 g/mol. The molecule has 1 nitrogen and oxygen atoms in total. The fraction of sp³-hybridized carbons (Fsp3) is 0.200. The molecule has 1 unspecified atom stereocenters. The van der Waals surface area contributed by atoms with E-state index in [0.29, 0.717) is 17.0 Å². The van der Waals surface area contributed by atoms with Crippen LogP contribution in [-0.2, 0) is 13.0 Å². The Bertz CT molecular complexity index is 582. The predicted octanol–water partition coefficient (Wildman–Crippen LogP) is 3.87. The molecule has 1 atom stereocenters. The van der Waals surface area contributed by atoms with E-state index in [9.17, 15) is 4.39 Å². The standard InChI is InChI=1S/C15H13ClFN/c16-12-6-5-10(14(17)8-12)7-15-13-4-2-1-3-11(13)9-18-15/h1-6,8,15,18H,7,9H2. The third-order valence-electron chi connectivity index (χ3n) is 3.41. The Hall–Kier alpha value is -1.38. The molecule has 1 aliphatic heterocycles. The number of halogens is 2. The van der Waals surface area contributed by atoms with Gasteiger partial charge < -0.3 is 5.32 Å². The van der Waals surface area contributed by atoms with Crippen LogP contribution in [0.1, 0.15) is 22.7 Å². The lowest BCUT2D eigenvalue weighted by Gasteiger charge is -2.13. The van der Waals surface area contributed by atoms with Gasteiger partial charge >= 0.3 is 0 Å². The SMILES string of the molecule is Fc1cc(Cl)ccc1CC1NCc2ccccc21. The smallest absolute Gasteiger partial charge is 0.127 e. The van der Waals surface area contributed by atoms with Gasteiger partial charge in [0.25, 0.3) is 0 Å². The topological polar surface area (TPSA) is 12.0 Å². The van der Waals surface area contributed by atoms with Crippen LogP contribution >= 0.6 is 11.6 Å². The van der Waals surface area contributed by atoms with Crippen LogP contribution in [0.3, 0.4) is 0 Å². The Morgan fingerprint density at radius 3 is 2.89 bits per heavy atom. The first-order chi connectivity index (χ1) is 8.74. The minimum absolute atomic E-state index is 0.192. The summed E-state index contributed by atoms with van der Waals surface area (Å²) < 4.78 is 13.8. The molecule has 92 valence electrons. The van der Waals surface area contributed by atoms with Gasteiger partial charge in [0.05, 0.1) is 0 Å². The zero-order valence-corrected chi connectivity index (χ0v) is 10.5. The van der Waals surface area contributed by atoms with Crippen LogP contribution in [0.4, 0.5) is 4.39 Å². The lowest BCUT2D eigenvalue weighted by Crippen LogP contribution is -2.15. The molecule has 0 aliphatic carbocycles. The van der Waals surface area contributed by atoms with Gasteiger partial charge in [0.1, 0.15) is 5.82 Å². The molecule has 18 heavy (non-hydrogen) atoms. The van der Waals surface area contributed by atoms with E-state index in [-0.39, 0.29) is 11.9 Å². The normalized spacial score (nSPS) is 17.8. The van der Waals surface area contributed by atoms with Gasteiger partial charge in [-0.05, 0) is 35.2 Å². The van der Waals surface area contributed by atoms with Crippen LogP contribution in [-0.4, -0.2) is 0 Å². The number of nitrogens with one attached hydrogen (secondary N) is 1. The highest BCUT2D eigenvalue weighted by Gasteiger charge is 2.22. The fourth-order valence-corrected chi connectivity index (χ4v) is 2.63. The van der Waals surface area contributed by atoms with Gasteiger partial charge in [-0.25, -0.2) is 4.39 Å². The monoisotopic (exact) mass is 261 g/mol. The Labute approximate surface area is 111 Å². The minimum Gasteiger partial charge on any atom is -0.306 e. The van der Waals surface area contributed by atoms with Crippen molar-refractivity contribution in [3.8, 4) is 0 Å². The van der Waals surface area contributed by atoms with Crippen molar-refractivity contribution in [2.24, 2.45) is 0 Å². The highest BCUT2D eigenvalue weighted by molar-refractivity contribution is 6.30. The van der Waals surface area contributed by atoms with Gasteiger partial charge in [-0.2, -0.15) is 0 Å². The van der Waals surface area contributed by atoms with Crippen molar-refractivity contribution in [1.82, 2.24) is 5.32 Å². The van der Waals surface area contributed by atoms with Gasteiger partial charge in [-0.1, -0.05) is 41.9 Å². The number of benzene rings is 2. The van der Waals surface area contributed by atoms with Crippen LogP contribution in [0.25, 0.3) is 0 Å². The largest absolute Gasteiger partial charge is 0.306 e. The first-order valence-electron chi connectivity index (χ1n) is 5.99. The van der Waals surface area contributed by atoms with E-state index in [1.54, 1.807) is 12.1 Å². The maximum Gasteiger partial charge on any atom is 0.127 e. The number of hydrogen-bond acceptors (Lipinski definition) is 1.